The van der Waals surface area contributed by atoms with Crippen LogP contribution < -0.4 is 10.6 Å². The lowest BCUT2D eigenvalue weighted by Crippen LogP contribution is -2.18. The Hall–Kier alpha value is -2.51. The molecular formula is C12H11F3N4O. The van der Waals surface area contributed by atoms with Gasteiger partial charge in [0.2, 0.25) is 5.95 Å². The third kappa shape index (κ3) is 2.73. The zero-order chi connectivity index (χ0) is 14.8. The van der Waals surface area contributed by atoms with Crippen LogP contribution in [0.15, 0.2) is 30.6 Å². The number of hydrogen-bond donors (Lipinski definition) is 3. The van der Waals surface area contributed by atoms with E-state index in [1.165, 1.54) is 31.6 Å². The highest BCUT2D eigenvalue weighted by molar-refractivity contribution is 6.07. The molecule has 0 bridgehead atoms. The second-order valence-corrected chi connectivity index (χ2v) is 3.87. The maximum absolute atomic E-state index is 12.9. The second-order valence-electron chi connectivity index (χ2n) is 3.87. The molecule has 0 saturated heterocycles. The van der Waals surface area contributed by atoms with Crippen molar-refractivity contribution in [1.82, 2.24) is 9.97 Å². The summed E-state index contributed by atoms with van der Waals surface area (Å²) in [6.45, 7) is 0. The summed E-state index contributed by atoms with van der Waals surface area (Å²) in [5.41, 5.74) is -1.28. The fourth-order valence-electron chi connectivity index (χ4n) is 1.76. The zero-order valence-corrected chi connectivity index (χ0v) is 10.4. The third-order valence-corrected chi connectivity index (χ3v) is 2.59. The molecular weight excluding hydrogens is 273 g/mol. The number of amides is 1. The van der Waals surface area contributed by atoms with E-state index in [2.05, 4.69) is 20.6 Å². The van der Waals surface area contributed by atoms with Crippen molar-refractivity contribution in [1.29, 1.82) is 0 Å². The summed E-state index contributed by atoms with van der Waals surface area (Å²) in [5.74, 6) is -0.523. The monoisotopic (exact) mass is 284 g/mol. The molecule has 20 heavy (non-hydrogen) atoms. The Kier molecular flexibility index (Phi) is 3.64. The quantitative estimate of drug-likeness (QED) is 0.811. The van der Waals surface area contributed by atoms with Crippen LogP contribution in [0.4, 0.5) is 24.8 Å². The number of aromatic amines is 1. The van der Waals surface area contributed by atoms with E-state index < -0.39 is 17.6 Å². The number of carbonyl (C=O) groups is 1. The number of nitrogens with zero attached hydrogens (tertiary/aromatic N) is 1. The maximum Gasteiger partial charge on any atom is 0.418 e. The normalized spacial score (nSPS) is 11.2. The minimum absolute atomic E-state index is 0.112. The Morgan fingerprint density at radius 2 is 2.10 bits per heavy atom. The summed E-state index contributed by atoms with van der Waals surface area (Å²) >= 11 is 0. The number of rotatable bonds is 3. The first-order chi connectivity index (χ1) is 9.43. The molecule has 106 valence electrons. The molecule has 1 aromatic heterocycles. The second kappa shape index (κ2) is 5.24. The van der Waals surface area contributed by atoms with Crippen molar-refractivity contribution in [3.63, 3.8) is 0 Å². The molecule has 0 spiro atoms. The van der Waals surface area contributed by atoms with Gasteiger partial charge in [-0.15, -0.1) is 0 Å². The molecule has 0 fully saturated rings. The smallest absolute Gasteiger partial charge is 0.387 e. The molecule has 1 amide bonds. The molecule has 0 atom stereocenters. The number of alkyl halides is 3. The first-order valence-electron chi connectivity index (χ1n) is 5.62. The zero-order valence-electron chi connectivity index (χ0n) is 10.4. The summed E-state index contributed by atoms with van der Waals surface area (Å²) < 4.78 is 38.6. The minimum atomic E-state index is -4.54. The number of nitrogens with one attached hydrogen (secondary N) is 3. The summed E-state index contributed by atoms with van der Waals surface area (Å²) in [6.07, 6.45) is -1.64. The van der Waals surface area contributed by atoms with Crippen LogP contribution in [0.2, 0.25) is 0 Å². The molecule has 0 aliphatic rings. The first kappa shape index (κ1) is 13.9. The fourth-order valence-corrected chi connectivity index (χ4v) is 1.76. The van der Waals surface area contributed by atoms with Gasteiger partial charge in [0.15, 0.2) is 0 Å². The topological polar surface area (TPSA) is 69.8 Å². The fraction of sp³-hybridized carbons (Fsp3) is 0.167. The van der Waals surface area contributed by atoms with E-state index in [1.807, 2.05) is 0 Å². The molecule has 0 unspecified atom stereocenters. The lowest BCUT2D eigenvalue weighted by molar-refractivity contribution is -0.136. The van der Waals surface area contributed by atoms with Crippen molar-refractivity contribution in [2.75, 3.05) is 17.7 Å². The number of para-hydroxylation sites is 1. The molecule has 5 nitrogen and oxygen atoms in total. The van der Waals surface area contributed by atoms with Crippen LogP contribution in [0.1, 0.15) is 15.9 Å². The lowest BCUT2D eigenvalue weighted by atomic mass is 10.1. The molecule has 0 aliphatic heterocycles. The molecule has 0 aliphatic carbocycles. The van der Waals surface area contributed by atoms with Crippen LogP contribution in [0.5, 0.6) is 0 Å². The predicted octanol–water partition coefficient (Wildman–Crippen LogP) is 2.72. The SMILES string of the molecule is CNc1c(C(=O)Nc2ncc[nH]2)cccc1C(F)(F)F. The highest BCUT2D eigenvalue weighted by Crippen LogP contribution is 2.36. The van der Waals surface area contributed by atoms with Crippen LogP contribution in [0.3, 0.4) is 0 Å². The standard InChI is InChI=1S/C12H11F3N4O/c1-16-9-7(3-2-4-8(9)12(13,14)15)10(20)19-11-17-5-6-18-11/h2-6,16H,1H3,(H2,17,18,19,20). The van der Waals surface area contributed by atoms with Gasteiger partial charge in [0.05, 0.1) is 16.8 Å². The first-order valence-corrected chi connectivity index (χ1v) is 5.62. The van der Waals surface area contributed by atoms with Crippen molar-refractivity contribution in [3.05, 3.63) is 41.7 Å². The Bertz CT molecular complexity index is 608. The highest BCUT2D eigenvalue weighted by atomic mass is 19.4. The van der Waals surface area contributed by atoms with E-state index in [-0.39, 0.29) is 17.2 Å². The average Bonchev–Trinajstić information content (AvgIpc) is 2.89. The number of H-pyrrole nitrogens is 1. The van der Waals surface area contributed by atoms with Gasteiger partial charge in [-0.2, -0.15) is 13.2 Å². The number of carbonyl (C=O) groups excluding carboxylic acids is 1. The molecule has 8 heteroatoms. The van der Waals surface area contributed by atoms with E-state index in [9.17, 15) is 18.0 Å². The molecule has 1 heterocycles. The minimum Gasteiger partial charge on any atom is -0.387 e. The summed E-state index contributed by atoms with van der Waals surface area (Å²) in [5, 5.41) is 4.80. The lowest BCUT2D eigenvalue weighted by Gasteiger charge is -2.15. The van der Waals surface area contributed by atoms with Gasteiger partial charge in [0.25, 0.3) is 5.91 Å². The highest BCUT2D eigenvalue weighted by Gasteiger charge is 2.35. The van der Waals surface area contributed by atoms with E-state index in [1.54, 1.807) is 0 Å². The van der Waals surface area contributed by atoms with Crippen LogP contribution in [0.25, 0.3) is 0 Å². The number of aromatic nitrogens is 2. The van der Waals surface area contributed by atoms with E-state index in [0.717, 1.165) is 6.07 Å². The van der Waals surface area contributed by atoms with E-state index in [0.29, 0.717) is 0 Å². The Labute approximate surface area is 112 Å². The number of hydrogen-bond acceptors (Lipinski definition) is 3. The van der Waals surface area contributed by atoms with Crippen LogP contribution in [0, 0.1) is 0 Å². The van der Waals surface area contributed by atoms with Crippen molar-refractivity contribution >= 4 is 17.5 Å². The number of anilines is 2. The third-order valence-electron chi connectivity index (χ3n) is 2.59. The Morgan fingerprint density at radius 3 is 2.65 bits per heavy atom. The van der Waals surface area contributed by atoms with Crippen molar-refractivity contribution in [3.8, 4) is 0 Å². The Balaban J connectivity index is 2.39. The van der Waals surface area contributed by atoms with Gasteiger partial charge in [0, 0.05) is 19.4 Å². The predicted molar refractivity (Wildman–Crippen MR) is 67.5 cm³/mol. The molecule has 0 radical (unpaired) electrons. The maximum atomic E-state index is 12.9. The Morgan fingerprint density at radius 1 is 1.35 bits per heavy atom. The van der Waals surface area contributed by atoms with E-state index in [4.69, 9.17) is 0 Å². The van der Waals surface area contributed by atoms with Gasteiger partial charge in [0.1, 0.15) is 0 Å². The summed E-state index contributed by atoms with van der Waals surface area (Å²) in [4.78, 5) is 18.4. The molecule has 2 aromatic rings. The number of benzene rings is 1. The van der Waals surface area contributed by atoms with Crippen molar-refractivity contribution < 1.29 is 18.0 Å². The van der Waals surface area contributed by atoms with Crippen LogP contribution in [-0.2, 0) is 6.18 Å². The number of imidazole rings is 1. The van der Waals surface area contributed by atoms with Gasteiger partial charge < -0.3 is 10.3 Å². The van der Waals surface area contributed by atoms with Gasteiger partial charge in [-0.25, -0.2) is 4.98 Å². The van der Waals surface area contributed by atoms with Gasteiger partial charge in [-0.3, -0.25) is 10.1 Å². The van der Waals surface area contributed by atoms with Gasteiger partial charge in [-0.05, 0) is 12.1 Å². The molecule has 0 saturated carbocycles. The van der Waals surface area contributed by atoms with Crippen molar-refractivity contribution in [2.24, 2.45) is 0 Å². The molecule has 2 rings (SSSR count). The largest absolute Gasteiger partial charge is 0.418 e. The van der Waals surface area contributed by atoms with Crippen molar-refractivity contribution in [2.45, 2.75) is 6.18 Å². The average molecular weight is 284 g/mol. The van der Waals surface area contributed by atoms with E-state index >= 15 is 0 Å². The summed E-state index contributed by atoms with van der Waals surface area (Å²) in [6, 6.07) is 3.40. The summed E-state index contributed by atoms with van der Waals surface area (Å²) in [7, 11) is 1.33. The van der Waals surface area contributed by atoms with Gasteiger partial charge >= 0.3 is 6.18 Å². The molecule has 1 aromatic carbocycles. The number of halogens is 3. The van der Waals surface area contributed by atoms with Crippen LogP contribution in [-0.4, -0.2) is 22.9 Å². The van der Waals surface area contributed by atoms with Crippen LogP contribution >= 0.6 is 0 Å². The molecule has 3 N–H and O–H groups in total. The van der Waals surface area contributed by atoms with Gasteiger partial charge in [-0.1, -0.05) is 6.07 Å².